The van der Waals surface area contributed by atoms with E-state index in [0.29, 0.717) is 18.5 Å². The van der Waals surface area contributed by atoms with E-state index in [4.69, 9.17) is 5.53 Å². The van der Waals surface area contributed by atoms with Gasteiger partial charge in [-0.15, -0.1) is 0 Å². The Balaban J connectivity index is 2.63. The molecule has 15 heavy (non-hydrogen) atoms. The molecule has 0 aliphatic rings. The van der Waals surface area contributed by atoms with E-state index in [2.05, 4.69) is 10.0 Å². The summed E-state index contributed by atoms with van der Waals surface area (Å²) in [5.74, 6) is -0.236. The molecule has 0 saturated carbocycles. The Hall–Kier alpha value is -1.80. The molecule has 0 fully saturated rings. The zero-order valence-electron chi connectivity index (χ0n) is 8.52. The molecule has 0 amide bonds. The monoisotopic (exact) mass is 205 g/mol. The minimum absolute atomic E-state index is 0.236. The van der Waals surface area contributed by atoms with Crippen LogP contribution in [0.3, 0.4) is 0 Å². The maximum Gasteiger partial charge on any atom is 0.130 e. The molecule has 0 radical (unpaired) electrons. The molecular weight excluding hydrogens is 193 g/mol. The van der Waals surface area contributed by atoms with Crippen molar-refractivity contribution >= 4 is 6.08 Å². The first kappa shape index (κ1) is 11.3. The lowest BCUT2D eigenvalue weighted by Gasteiger charge is -1.98. The minimum Gasteiger partial charge on any atom is -0.206 e. The van der Waals surface area contributed by atoms with Gasteiger partial charge in [0.1, 0.15) is 5.82 Å². The van der Waals surface area contributed by atoms with Gasteiger partial charge < -0.3 is 0 Å². The molecule has 4 heteroatoms. The van der Waals surface area contributed by atoms with Crippen LogP contribution in [0.4, 0.5) is 4.39 Å². The SMILES string of the molecule is Cc1ccc(F)c(C=CCCN=[N+]=[N-])c1. The van der Waals surface area contributed by atoms with E-state index in [1.165, 1.54) is 6.07 Å². The third-order valence-electron chi connectivity index (χ3n) is 1.91. The molecular formula is C11H12FN3. The number of nitrogens with zero attached hydrogens (tertiary/aromatic N) is 3. The Morgan fingerprint density at radius 2 is 2.33 bits per heavy atom. The van der Waals surface area contributed by atoms with Gasteiger partial charge in [-0.1, -0.05) is 28.9 Å². The normalized spacial score (nSPS) is 10.3. The first-order chi connectivity index (χ1) is 7.24. The first-order valence-electron chi connectivity index (χ1n) is 4.67. The predicted molar refractivity (Wildman–Crippen MR) is 58.8 cm³/mol. The second-order valence-corrected chi connectivity index (χ2v) is 3.17. The Labute approximate surface area is 87.9 Å². The van der Waals surface area contributed by atoms with E-state index in [1.54, 1.807) is 24.3 Å². The van der Waals surface area contributed by atoms with Crippen LogP contribution in [-0.2, 0) is 0 Å². The van der Waals surface area contributed by atoms with Crippen molar-refractivity contribution in [1.82, 2.24) is 0 Å². The highest BCUT2D eigenvalue weighted by atomic mass is 19.1. The minimum atomic E-state index is -0.236. The van der Waals surface area contributed by atoms with Crippen LogP contribution in [0, 0.1) is 12.7 Å². The smallest absolute Gasteiger partial charge is 0.130 e. The van der Waals surface area contributed by atoms with Gasteiger partial charge in [0, 0.05) is 17.0 Å². The highest BCUT2D eigenvalue weighted by Crippen LogP contribution is 2.11. The van der Waals surface area contributed by atoms with Crippen LogP contribution < -0.4 is 0 Å². The lowest BCUT2D eigenvalue weighted by Crippen LogP contribution is -1.83. The van der Waals surface area contributed by atoms with Gasteiger partial charge in [-0.3, -0.25) is 0 Å². The number of halogens is 1. The molecule has 1 aromatic carbocycles. The number of aryl methyl sites for hydroxylation is 1. The van der Waals surface area contributed by atoms with Crippen LogP contribution in [-0.4, -0.2) is 6.54 Å². The zero-order valence-corrected chi connectivity index (χ0v) is 8.52. The summed E-state index contributed by atoms with van der Waals surface area (Å²) >= 11 is 0. The average Bonchev–Trinajstić information content (AvgIpc) is 2.23. The van der Waals surface area contributed by atoms with E-state index < -0.39 is 0 Å². The van der Waals surface area contributed by atoms with E-state index >= 15 is 0 Å². The summed E-state index contributed by atoms with van der Waals surface area (Å²) in [4.78, 5) is 2.63. The summed E-state index contributed by atoms with van der Waals surface area (Å²) in [6, 6.07) is 4.95. The first-order valence-corrected chi connectivity index (χ1v) is 4.67. The van der Waals surface area contributed by atoms with Crippen LogP contribution in [0.1, 0.15) is 17.5 Å². The third-order valence-corrected chi connectivity index (χ3v) is 1.91. The van der Waals surface area contributed by atoms with Crippen molar-refractivity contribution in [1.29, 1.82) is 0 Å². The van der Waals surface area contributed by atoms with Crippen LogP contribution in [0.15, 0.2) is 29.4 Å². The fourth-order valence-corrected chi connectivity index (χ4v) is 1.18. The van der Waals surface area contributed by atoms with Gasteiger partial charge in [-0.05, 0) is 31.0 Å². The standard InChI is InChI=1S/C11H12FN3/c1-9-5-6-11(12)10(8-9)4-2-3-7-14-15-13/h2,4-6,8H,3,7H2,1H3. The Morgan fingerprint density at radius 1 is 1.53 bits per heavy atom. The maximum atomic E-state index is 13.2. The summed E-state index contributed by atoms with van der Waals surface area (Å²) in [6.07, 6.45) is 4.12. The molecule has 0 unspecified atom stereocenters. The third kappa shape index (κ3) is 3.83. The summed E-state index contributed by atoms with van der Waals surface area (Å²) in [6.45, 7) is 2.32. The van der Waals surface area contributed by atoms with Gasteiger partial charge in [-0.2, -0.15) is 0 Å². The Morgan fingerprint density at radius 3 is 3.07 bits per heavy atom. The molecule has 0 bridgehead atoms. The molecule has 0 aromatic heterocycles. The topological polar surface area (TPSA) is 48.8 Å². The summed E-state index contributed by atoms with van der Waals surface area (Å²) in [7, 11) is 0. The number of benzene rings is 1. The fourth-order valence-electron chi connectivity index (χ4n) is 1.18. The summed E-state index contributed by atoms with van der Waals surface area (Å²) < 4.78 is 13.2. The predicted octanol–water partition coefficient (Wildman–Crippen LogP) is 3.85. The fraction of sp³-hybridized carbons (Fsp3) is 0.273. The maximum absolute atomic E-state index is 13.2. The lowest BCUT2D eigenvalue weighted by atomic mass is 10.1. The second kappa shape index (κ2) is 5.83. The summed E-state index contributed by atoms with van der Waals surface area (Å²) in [5, 5.41) is 3.38. The van der Waals surface area contributed by atoms with Crippen LogP contribution in [0.25, 0.3) is 16.5 Å². The molecule has 0 N–H and O–H groups in total. The molecule has 0 atom stereocenters. The van der Waals surface area contributed by atoms with E-state index in [-0.39, 0.29) is 5.82 Å². The van der Waals surface area contributed by atoms with Gasteiger partial charge in [0.05, 0.1) is 0 Å². The van der Waals surface area contributed by atoms with Crippen molar-refractivity contribution in [3.05, 3.63) is 51.7 Å². The molecule has 0 heterocycles. The second-order valence-electron chi connectivity index (χ2n) is 3.17. The quantitative estimate of drug-likeness (QED) is 0.310. The molecule has 78 valence electrons. The molecule has 0 saturated heterocycles. The number of rotatable bonds is 4. The van der Waals surface area contributed by atoms with Crippen LogP contribution in [0.2, 0.25) is 0 Å². The molecule has 1 aromatic rings. The van der Waals surface area contributed by atoms with Crippen molar-refractivity contribution in [2.24, 2.45) is 5.11 Å². The Bertz CT molecular complexity index is 406. The molecule has 0 aliphatic carbocycles. The molecule has 1 rings (SSSR count). The largest absolute Gasteiger partial charge is 0.206 e. The van der Waals surface area contributed by atoms with E-state index in [1.807, 2.05) is 6.92 Å². The average molecular weight is 205 g/mol. The van der Waals surface area contributed by atoms with E-state index in [0.717, 1.165) is 5.56 Å². The van der Waals surface area contributed by atoms with Gasteiger partial charge in [0.2, 0.25) is 0 Å². The van der Waals surface area contributed by atoms with Gasteiger partial charge in [0.15, 0.2) is 0 Å². The van der Waals surface area contributed by atoms with Crippen molar-refractivity contribution in [3.8, 4) is 0 Å². The highest BCUT2D eigenvalue weighted by molar-refractivity contribution is 5.51. The summed E-state index contributed by atoms with van der Waals surface area (Å²) in [5.41, 5.74) is 9.62. The van der Waals surface area contributed by atoms with Crippen LogP contribution in [0.5, 0.6) is 0 Å². The van der Waals surface area contributed by atoms with Crippen LogP contribution >= 0.6 is 0 Å². The number of hydrogen-bond acceptors (Lipinski definition) is 1. The van der Waals surface area contributed by atoms with Gasteiger partial charge >= 0.3 is 0 Å². The molecule has 0 aliphatic heterocycles. The molecule has 0 spiro atoms. The highest BCUT2D eigenvalue weighted by Gasteiger charge is 1.96. The van der Waals surface area contributed by atoms with Crippen molar-refractivity contribution in [3.63, 3.8) is 0 Å². The van der Waals surface area contributed by atoms with Gasteiger partial charge in [0.25, 0.3) is 0 Å². The Kier molecular flexibility index (Phi) is 4.38. The van der Waals surface area contributed by atoms with Crippen molar-refractivity contribution in [2.75, 3.05) is 6.54 Å². The number of azide groups is 1. The number of hydrogen-bond donors (Lipinski definition) is 0. The van der Waals surface area contributed by atoms with Crippen molar-refractivity contribution < 1.29 is 4.39 Å². The zero-order chi connectivity index (χ0) is 11.1. The molecule has 3 nitrogen and oxygen atoms in total. The lowest BCUT2D eigenvalue weighted by molar-refractivity contribution is 0.624. The van der Waals surface area contributed by atoms with Crippen molar-refractivity contribution in [2.45, 2.75) is 13.3 Å². The van der Waals surface area contributed by atoms with E-state index in [9.17, 15) is 4.39 Å². The van der Waals surface area contributed by atoms with Gasteiger partial charge in [-0.25, -0.2) is 4.39 Å².